The third-order valence-electron chi connectivity index (χ3n) is 4.70. The Morgan fingerprint density at radius 1 is 1.33 bits per heavy atom. The van der Waals surface area contributed by atoms with Gasteiger partial charge in [-0.15, -0.1) is 0 Å². The van der Waals surface area contributed by atoms with E-state index in [0.717, 1.165) is 12.8 Å². The predicted molar refractivity (Wildman–Crippen MR) is 95.6 cm³/mol. The molecule has 138 valence electrons. The van der Waals surface area contributed by atoms with Gasteiger partial charge in [-0.05, 0) is 37.8 Å². The Balaban J connectivity index is 1.60. The molecule has 1 fully saturated rings. The van der Waals surface area contributed by atoms with E-state index in [1.165, 1.54) is 35.5 Å². The van der Waals surface area contributed by atoms with Crippen molar-refractivity contribution in [1.82, 2.24) is 24.5 Å². The van der Waals surface area contributed by atoms with Crippen molar-refractivity contribution < 1.29 is 9.72 Å². The van der Waals surface area contributed by atoms with Crippen LogP contribution in [0.1, 0.15) is 36.2 Å². The van der Waals surface area contributed by atoms with Crippen LogP contribution >= 0.6 is 0 Å². The average molecular weight is 367 g/mol. The van der Waals surface area contributed by atoms with Crippen molar-refractivity contribution in [3.05, 3.63) is 58.8 Å². The number of rotatable bonds is 6. The molecule has 10 nitrogen and oxygen atoms in total. The van der Waals surface area contributed by atoms with Crippen molar-refractivity contribution in [3.63, 3.8) is 0 Å². The van der Waals surface area contributed by atoms with Crippen molar-refractivity contribution in [3.8, 4) is 5.69 Å². The van der Waals surface area contributed by atoms with Crippen LogP contribution in [0.5, 0.6) is 0 Å². The molecular formula is C17H17N7O3. The Bertz CT molecular complexity index is 992. The summed E-state index contributed by atoms with van der Waals surface area (Å²) >= 11 is 0. The first-order valence-corrected chi connectivity index (χ1v) is 8.53. The first kappa shape index (κ1) is 16.9. The normalized spacial score (nSPS) is 14.7. The summed E-state index contributed by atoms with van der Waals surface area (Å²) in [6, 6.07) is 6.14. The maximum atomic E-state index is 12.6. The van der Waals surface area contributed by atoms with Gasteiger partial charge in [0.25, 0.3) is 11.6 Å². The highest BCUT2D eigenvalue weighted by Crippen LogP contribution is 2.40. The molecule has 0 bridgehead atoms. The summed E-state index contributed by atoms with van der Waals surface area (Å²) in [7, 11) is 0. The highest BCUT2D eigenvalue weighted by molar-refractivity contribution is 6.04. The van der Waals surface area contributed by atoms with Crippen LogP contribution in [0.15, 0.2) is 43.1 Å². The molecule has 0 spiro atoms. The number of carbonyl (C=O) groups is 1. The first-order chi connectivity index (χ1) is 13.0. The predicted octanol–water partition coefficient (Wildman–Crippen LogP) is 2.60. The largest absolute Gasteiger partial charge is 0.307 e. The summed E-state index contributed by atoms with van der Waals surface area (Å²) in [6.07, 6.45) is 6.59. The molecular weight excluding hydrogens is 350 g/mol. The minimum absolute atomic E-state index is 0.178. The van der Waals surface area contributed by atoms with E-state index in [1.54, 1.807) is 16.9 Å². The topological polar surface area (TPSA) is 121 Å². The van der Waals surface area contributed by atoms with E-state index in [0.29, 0.717) is 11.7 Å². The molecule has 27 heavy (non-hydrogen) atoms. The molecule has 0 radical (unpaired) electrons. The minimum atomic E-state index is -0.548. The lowest BCUT2D eigenvalue weighted by Crippen LogP contribution is -2.18. The highest BCUT2D eigenvalue weighted by atomic mass is 16.6. The van der Waals surface area contributed by atoms with E-state index < -0.39 is 10.8 Å². The molecule has 1 aliphatic carbocycles. The van der Waals surface area contributed by atoms with Crippen LogP contribution < -0.4 is 5.32 Å². The Morgan fingerprint density at radius 3 is 2.81 bits per heavy atom. The number of hydrogen-bond donors (Lipinski definition) is 1. The summed E-state index contributed by atoms with van der Waals surface area (Å²) < 4.78 is 3.07. The van der Waals surface area contributed by atoms with Crippen LogP contribution in [-0.2, 0) is 0 Å². The molecule has 1 atom stereocenters. The molecule has 2 aromatic heterocycles. The number of carbonyl (C=O) groups excluding carboxylic acids is 1. The molecule has 4 rings (SSSR count). The van der Waals surface area contributed by atoms with Gasteiger partial charge in [-0.3, -0.25) is 14.9 Å². The van der Waals surface area contributed by atoms with Crippen LogP contribution in [0.3, 0.4) is 0 Å². The SMILES string of the molecule is CC(C1CC1)n1nccc1NC(=O)c1ccc(-n2cncn2)c([N+](=O)[O-])c1. The smallest absolute Gasteiger partial charge is 0.295 e. The maximum Gasteiger partial charge on any atom is 0.295 e. The Morgan fingerprint density at radius 2 is 2.15 bits per heavy atom. The van der Waals surface area contributed by atoms with Crippen molar-refractivity contribution in [2.24, 2.45) is 5.92 Å². The second kappa shape index (κ2) is 6.63. The van der Waals surface area contributed by atoms with Gasteiger partial charge in [0.2, 0.25) is 0 Å². The Labute approximate surface area is 154 Å². The zero-order chi connectivity index (χ0) is 19.0. The first-order valence-electron chi connectivity index (χ1n) is 8.53. The van der Waals surface area contributed by atoms with Crippen LogP contribution in [0.25, 0.3) is 5.69 Å². The molecule has 1 saturated carbocycles. The number of nitro benzene ring substituents is 1. The number of nitrogens with one attached hydrogen (secondary N) is 1. The molecule has 0 saturated heterocycles. The van der Waals surface area contributed by atoms with Crippen LogP contribution in [-0.4, -0.2) is 35.4 Å². The van der Waals surface area contributed by atoms with Gasteiger partial charge in [0.05, 0.1) is 17.2 Å². The summed E-state index contributed by atoms with van der Waals surface area (Å²) in [5.74, 6) is 0.707. The van der Waals surface area contributed by atoms with Crippen LogP contribution in [0.4, 0.5) is 11.5 Å². The van der Waals surface area contributed by atoms with E-state index in [4.69, 9.17) is 0 Å². The summed E-state index contributed by atoms with van der Waals surface area (Å²) in [5, 5.41) is 22.4. The molecule has 0 aliphatic heterocycles. The van der Waals surface area contributed by atoms with E-state index in [1.807, 2.05) is 0 Å². The van der Waals surface area contributed by atoms with Crippen molar-refractivity contribution in [1.29, 1.82) is 0 Å². The number of nitro groups is 1. The van der Waals surface area contributed by atoms with Gasteiger partial charge in [-0.2, -0.15) is 10.2 Å². The average Bonchev–Trinajstić information content (AvgIpc) is 3.17. The van der Waals surface area contributed by atoms with Crippen molar-refractivity contribution >= 4 is 17.4 Å². The fraction of sp³-hybridized carbons (Fsp3) is 0.294. The number of nitrogens with zero attached hydrogens (tertiary/aromatic N) is 6. The summed E-state index contributed by atoms with van der Waals surface area (Å²) in [4.78, 5) is 27.3. The monoisotopic (exact) mass is 367 g/mol. The number of anilines is 1. The summed E-state index contributed by atoms with van der Waals surface area (Å²) in [6.45, 7) is 2.07. The summed E-state index contributed by atoms with van der Waals surface area (Å²) in [5.41, 5.74) is 0.187. The molecule has 1 N–H and O–H groups in total. The lowest BCUT2D eigenvalue weighted by Gasteiger charge is -2.15. The van der Waals surface area contributed by atoms with E-state index in [2.05, 4.69) is 27.4 Å². The highest BCUT2D eigenvalue weighted by Gasteiger charge is 2.31. The third kappa shape index (κ3) is 3.28. The lowest BCUT2D eigenvalue weighted by atomic mass is 10.1. The number of amides is 1. The number of hydrogen-bond acceptors (Lipinski definition) is 6. The fourth-order valence-corrected chi connectivity index (χ4v) is 3.04. The van der Waals surface area contributed by atoms with Crippen molar-refractivity contribution in [2.45, 2.75) is 25.8 Å². The molecule has 10 heteroatoms. The van der Waals surface area contributed by atoms with Gasteiger partial charge in [-0.1, -0.05) is 0 Å². The van der Waals surface area contributed by atoms with E-state index >= 15 is 0 Å². The van der Waals surface area contributed by atoms with Gasteiger partial charge < -0.3 is 5.32 Å². The molecule has 1 aliphatic rings. The van der Waals surface area contributed by atoms with E-state index in [-0.39, 0.29) is 23.0 Å². The molecule has 3 aromatic rings. The van der Waals surface area contributed by atoms with E-state index in [9.17, 15) is 14.9 Å². The minimum Gasteiger partial charge on any atom is -0.307 e. The van der Waals surface area contributed by atoms with Crippen molar-refractivity contribution in [2.75, 3.05) is 5.32 Å². The third-order valence-corrected chi connectivity index (χ3v) is 4.70. The fourth-order valence-electron chi connectivity index (χ4n) is 3.04. The zero-order valence-corrected chi connectivity index (χ0v) is 14.5. The Hall–Kier alpha value is -3.56. The quantitative estimate of drug-likeness (QED) is 0.528. The van der Waals surface area contributed by atoms with Crippen LogP contribution in [0.2, 0.25) is 0 Å². The van der Waals surface area contributed by atoms with Gasteiger partial charge in [0.15, 0.2) is 0 Å². The van der Waals surface area contributed by atoms with Crippen LogP contribution in [0, 0.1) is 16.0 Å². The maximum absolute atomic E-state index is 12.6. The van der Waals surface area contributed by atoms with Gasteiger partial charge in [0.1, 0.15) is 24.2 Å². The standard InChI is InChI=1S/C17H17N7O3/c1-11(12-2-3-12)23-16(6-7-19-23)21-17(25)13-4-5-14(15(8-13)24(26)27)22-10-18-9-20-22/h4-12H,2-3H2,1H3,(H,21,25). The van der Waals surface area contributed by atoms with Gasteiger partial charge >= 0.3 is 0 Å². The number of benzene rings is 1. The zero-order valence-electron chi connectivity index (χ0n) is 14.5. The Kier molecular flexibility index (Phi) is 4.15. The molecule has 1 amide bonds. The van der Waals surface area contributed by atoms with Gasteiger partial charge in [0, 0.05) is 17.7 Å². The second-order valence-corrected chi connectivity index (χ2v) is 6.49. The molecule has 2 heterocycles. The lowest BCUT2D eigenvalue weighted by molar-refractivity contribution is -0.384. The molecule has 1 aromatic carbocycles. The number of aromatic nitrogens is 5. The molecule has 1 unspecified atom stereocenters. The van der Waals surface area contributed by atoms with Gasteiger partial charge in [-0.25, -0.2) is 14.3 Å². The second-order valence-electron chi connectivity index (χ2n) is 6.49.